The topological polar surface area (TPSA) is 57.1 Å². The number of hydrogen-bond donors (Lipinski definition) is 0. The van der Waals surface area contributed by atoms with Crippen LogP contribution in [0.1, 0.15) is 29.3 Å². The predicted molar refractivity (Wildman–Crippen MR) is 91.1 cm³/mol. The molecule has 24 heavy (non-hydrogen) atoms. The third-order valence-electron chi connectivity index (χ3n) is 3.61. The third kappa shape index (κ3) is 3.51. The lowest BCUT2D eigenvalue weighted by molar-refractivity contribution is 0.0513. The number of oxime groups is 1. The van der Waals surface area contributed by atoms with Crippen LogP contribution in [0.4, 0.5) is 0 Å². The summed E-state index contributed by atoms with van der Waals surface area (Å²) >= 11 is 5.88. The zero-order valence-corrected chi connectivity index (χ0v) is 14.0. The molecule has 2 aromatic carbocycles. The second-order valence-corrected chi connectivity index (χ2v) is 5.86. The van der Waals surface area contributed by atoms with Gasteiger partial charge in [-0.05, 0) is 37.3 Å². The van der Waals surface area contributed by atoms with Crippen LogP contribution >= 0.6 is 11.6 Å². The van der Waals surface area contributed by atoms with E-state index in [2.05, 4.69) is 5.16 Å². The van der Waals surface area contributed by atoms with Crippen molar-refractivity contribution in [1.82, 2.24) is 0 Å². The van der Waals surface area contributed by atoms with E-state index in [1.807, 2.05) is 19.1 Å². The zero-order valence-electron chi connectivity index (χ0n) is 13.3. The highest BCUT2D eigenvalue weighted by molar-refractivity contribution is 6.30. The number of carbonyl (C=O) groups is 1. The number of halogens is 1. The summed E-state index contributed by atoms with van der Waals surface area (Å²) in [6.45, 7) is 1.93. The fraction of sp³-hybridized carbons (Fsp3) is 0.222. The highest BCUT2D eigenvalue weighted by Gasteiger charge is 2.23. The molecular weight excluding hydrogens is 330 g/mol. The monoisotopic (exact) mass is 345 g/mol. The van der Waals surface area contributed by atoms with Gasteiger partial charge in [-0.3, -0.25) is 0 Å². The smallest absolute Gasteiger partial charge is 0.365 e. The van der Waals surface area contributed by atoms with E-state index < -0.39 is 5.97 Å². The molecule has 1 atom stereocenters. The number of carbonyl (C=O) groups excluding carboxylic acids is 1. The molecule has 0 saturated heterocycles. The maximum atomic E-state index is 12.1. The molecule has 0 saturated carbocycles. The first-order chi connectivity index (χ1) is 11.6. The van der Waals surface area contributed by atoms with Crippen molar-refractivity contribution in [3.8, 4) is 11.5 Å². The van der Waals surface area contributed by atoms with Crippen LogP contribution < -0.4 is 9.47 Å². The van der Waals surface area contributed by atoms with E-state index in [1.165, 1.54) is 6.07 Å². The Morgan fingerprint density at radius 2 is 2.12 bits per heavy atom. The summed E-state index contributed by atoms with van der Waals surface area (Å²) in [4.78, 5) is 17.2. The number of ether oxygens (including phenoxy) is 2. The van der Waals surface area contributed by atoms with Gasteiger partial charge >= 0.3 is 5.97 Å². The minimum absolute atomic E-state index is 0.0757. The Kier molecular flexibility index (Phi) is 4.71. The first kappa shape index (κ1) is 16.3. The van der Waals surface area contributed by atoms with Crippen molar-refractivity contribution in [2.75, 3.05) is 7.11 Å². The predicted octanol–water partition coefficient (Wildman–Crippen LogP) is 4.08. The number of nitrogens with zero attached hydrogens (tertiary/aromatic N) is 1. The molecule has 1 heterocycles. The molecule has 0 unspecified atom stereocenters. The number of hydrogen-bond acceptors (Lipinski definition) is 5. The minimum atomic E-state index is -0.556. The molecular formula is C18H16ClNO4. The molecule has 1 aliphatic rings. The van der Waals surface area contributed by atoms with Crippen LogP contribution in [0.5, 0.6) is 11.5 Å². The Balaban J connectivity index is 1.84. The molecule has 0 bridgehead atoms. The highest BCUT2D eigenvalue weighted by Crippen LogP contribution is 2.31. The molecule has 1 aliphatic heterocycles. The number of methoxy groups -OCH3 is 1. The van der Waals surface area contributed by atoms with Crippen molar-refractivity contribution in [1.29, 1.82) is 0 Å². The summed E-state index contributed by atoms with van der Waals surface area (Å²) in [5.74, 6) is 0.794. The van der Waals surface area contributed by atoms with E-state index in [0.29, 0.717) is 34.2 Å². The van der Waals surface area contributed by atoms with Crippen LogP contribution in [0, 0.1) is 0 Å². The lowest BCUT2D eigenvalue weighted by Gasteiger charge is -2.24. The molecule has 0 amide bonds. The van der Waals surface area contributed by atoms with E-state index in [4.69, 9.17) is 25.9 Å². The Hall–Kier alpha value is -2.53. The molecule has 0 fully saturated rings. The van der Waals surface area contributed by atoms with Crippen LogP contribution in [0.25, 0.3) is 0 Å². The van der Waals surface area contributed by atoms with Crippen molar-refractivity contribution < 1.29 is 19.1 Å². The average Bonchev–Trinajstić information content (AvgIpc) is 2.58. The van der Waals surface area contributed by atoms with E-state index in [-0.39, 0.29) is 6.10 Å². The molecule has 0 N–H and O–H groups in total. The van der Waals surface area contributed by atoms with Gasteiger partial charge in [0.1, 0.15) is 17.6 Å². The summed E-state index contributed by atoms with van der Waals surface area (Å²) in [5, 5.41) is 4.51. The van der Waals surface area contributed by atoms with Crippen LogP contribution in [-0.4, -0.2) is 24.9 Å². The SMILES string of the molecule is COc1ccc2c(c1)O[C@@H](C)C/C2=N\OC(=O)c1cccc(Cl)c1. The van der Waals surface area contributed by atoms with Crippen LogP contribution in [-0.2, 0) is 4.84 Å². The van der Waals surface area contributed by atoms with Gasteiger partial charge in [-0.1, -0.05) is 22.8 Å². The van der Waals surface area contributed by atoms with Crippen molar-refractivity contribution in [3.05, 3.63) is 58.6 Å². The summed E-state index contributed by atoms with van der Waals surface area (Å²) in [5.41, 5.74) is 1.79. The number of benzene rings is 2. The Morgan fingerprint density at radius 1 is 1.29 bits per heavy atom. The van der Waals surface area contributed by atoms with Gasteiger partial charge in [-0.25, -0.2) is 4.79 Å². The van der Waals surface area contributed by atoms with Gasteiger partial charge in [0, 0.05) is 23.1 Å². The molecule has 6 heteroatoms. The molecule has 0 radical (unpaired) electrons. The first-order valence-corrected chi connectivity index (χ1v) is 7.83. The standard InChI is InChI=1S/C18H16ClNO4/c1-11-8-16(15-7-6-14(22-2)10-17(15)23-11)20-24-18(21)12-4-3-5-13(19)9-12/h3-7,9-11H,8H2,1-2H3/b20-16+/t11-/m0/s1. The van der Waals surface area contributed by atoms with E-state index in [1.54, 1.807) is 31.4 Å². The van der Waals surface area contributed by atoms with Gasteiger partial charge in [0.05, 0.1) is 18.4 Å². The second kappa shape index (κ2) is 6.93. The lowest BCUT2D eigenvalue weighted by atomic mass is 10.0. The summed E-state index contributed by atoms with van der Waals surface area (Å²) in [7, 11) is 1.59. The Bertz CT molecular complexity index is 803. The average molecular weight is 346 g/mol. The van der Waals surface area contributed by atoms with Crippen LogP contribution in [0.3, 0.4) is 0 Å². The van der Waals surface area contributed by atoms with Crippen molar-refractivity contribution in [2.45, 2.75) is 19.4 Å². The maximum absolute atomic E-state index is 12.1. The van der Waals surface area contributed by atoms with Crippen molar-refractivity contribution in [2.24, 2.45) is 5.16 Å². The molecule has 0 aliphatic carbocycles. The summed E-state index contributed by atoms with van der Waals surface area (Å²) in [6.07, 6.45) is 0.468. The molecule has 2 aromatic rings. The molecule has 5 nitrogen and oxygen atoms in total. The normalized spacial score (nSPS) is 17.8. The van der Waals surface area contributed by atoms with Gasteiger partial charge < -0.3 is 14.3 Å². The number of fused-ring (bicyclic) bond motifs is 1. The van der Waals surface area contributed by atoms with E-state index in [0.717, 1.165) is 5.56 Å². The van der Waals surface area contributed by atoms with Gasteiger partial charge in [-0.2, -0.15) is 0 Å². The number of rotatable bonds is 3. The van der Waals surface area contributed by atoms with Gasteiger partial charge in [0.15, 0.2) is 0 Å². The fourth-order valence-corrected chi connectivity index (χ4v) is 2.65. The van der Waals surface area contributed by atoms with Crippen LogP contribution in [0.2, 0.25) is 5.02 Å². The van der Waals surface area contributed by atoms with Gasteiger partial charge in [-0.15, -0.1) is 0 Å². The Labute approximate surface area is 144 Å². The summed E-state index contributed by atoms with van der Waals surface area (Å²) in [6, 6.07) is 12.0. The molecule has 124 valence electrons. The Morgan fingerprint density at radius 3 is 2.88 bits per heavy atom. The van der Waals surface area contributed by atoms with Crippen molar-refractivity contribution >= 4 is 23.3 Å². The summed E-state index contributed by atoms with van der Waals surface area (Å²) < 4.78 is 11.0. The fourth-order valence-electron chi connectivity index (χ4n) is 2.46. The zero-order chi connectivity index (χ0) is 17.1. The highest BCUT2D eigenvalue weighted by atomic mass is 35.5. The van der Waals surface area contributed by atoms with Gasteiger partial charge in [0.25, 0.3) is 0 Å². The van der Waals surface area contributed by atoms with Gasteiger partial charge in [0.2, 0.25) is 0 Å². The third-order valence-corrected chi connectivity index (χ3v) is 3.84. The minimum Gasteiger partial charge on any atom is -0.497 e. The van der Waals surface area contributed by atoms with E-state index >= 15 is 0 Å². The largest absolute Gasteiger partial charge is 0.497 e. The lowest BCUT2D eigenvalue weighted by Crippen LogP contribution is -2.25. The van der Waals surface area contributed by atoms with E-state index in [9.17, 15) is 4.79 Å². The molecule has 3 rings (SSSR count). The second-order valence-electron chi connectivity index (χ2n) is 5.42. The molecule has 0 spiro atoms. The molecule has 0 aromatic heterocycles. The van der Waals surface area contributed by atoms with Crippen molar-refractivity contribution in [3.63, 3.8) is 0 Å². The van der Waals surface area contributed by atoms with Crippen LogP contribution in [0.15, 0.2) is 47.6 Å². The maximum Gasteiger partial charge on any atom is 0.365 e. The first-order valence-electron chi connectivity index (χ1n) is 7.45. The quantitative estimate of drug-likeness (QED) is 0.621.